The lowest BCUT2D eigenvalue weighted by atomic mass is 9.97. The standard InChI is InChI=1S/C11H19N3O2/c1-2-9-3-5-14(6-4-9)11(16)8-13-10(15)7-12/h2,9H,1,3-8,12H2,(H,13,15). The number of nitrogens with one attached hydrogen (secondary N) is 1. The lowest BCUT2D eigenvalue weighted by molar-refractivity contribution is -0.133. The summed E-state index contributed by atoms with van der Waals surface area (Å²) in [5, 5.41) is 2.48. The zero-order valence-electron chi connectivity index (χ0n) is 9.45. The van der Waals surface area contributed by atoms with Crippen molar-refractivity contribution in [2.75, 3.05) is 26.2 Å². The second-order valence-corrected chi connectivity index (χ2v) is 3.93. The first kappa shape index (κ1) is 12.7. The van der Waals surface area contributed by atoms with Crippen LogP contribution in [0.15, 0.2) is 12.7 Å². The van der Waals surface area contributed by atoms with Gasteiger partial charge in [-0.15, -0.1) is 6.58 Å². The van der Waals surface area contributed by atoms with E-state index in [1.807, 2.05) is 6.08 Å². The SMILES string of the molecule is C=CC1CCN(C(=O)CNC(=O)CN)CC1. The summed E-state index contributed by atoms with van der Waals surface area (Å²) >= 11 is 0. The van der Waals surface area contributed by atoms with E-state index in [4.69, 9.17) is 5.73 Å². The number of carbonyl (C=O) groups excluding carboxylic acids is 2. The first-order chi connectivity index (χ1) is 7.67. The van der Waals surface area contributed by atoms with Crippen LogP contribution in [-0.4, -0.2) is 42.9 Å². The van der Waals surface area contributed by atoms with Gasteiger partial charge in [0, 0.05) is 13.1 Å². The van der Waals surface area contributed by atoms with E-state index in [1.165, 1.54) is 0 Å². The Balaban J connectivity index is 2.28. The zero-order chi connectivity index (χ0) is 12.0. The van der Waals surface area contributed by atoms with Crippen LogP contribution in [0.2, 0.25) is 0 Å². The fourth-order valence-electron chi connectivity index (χ4n) is 1.74. The molecule has 3 N–H and O–H groups in total. The van der Waals surface area contributed by atoms with E-state index in [1.54, 1.807) is 4.90 Å². The van der Waals surface area contributed by atoms with Gasteiger partial charge in [0.25, 0.3) is 0 Å². The number of carbonyl (C=O) groups is 2. The second-order valence-electron chi connectivity index (χ2n) is 3.93. The highest BCUT2D eigenvalue weighted by Gasteiger charge is 2.20. The Morgan fingerprint density at radius 3 is 2.56 bits per heavy atom. The molecule has 1 aliphatic heterocycles. The Hall–Kier alpha value is -1.36. The quantitative estimate of drug-likeness (QED) is 0.632. The Kier molecular flexibility index (Phi) is 4.98. The van der Waals surface area contributed by atoms with Crippen molar-refractivity contribution in [2.45, 2.75) is 12.8 Å². The lowest BCUT2D eigenvalue weighted by Gasteiger charge is -2.30. The molecule has 0 saturated carbocycles. The molecule has 2 amide bonds. The summed E-state index contributed by atoms with van der Waals surface area (Å²) < 4.78 is 0. The van der Waals surface area contributed by atoms with Crippen LogP contribution in [0.4, 0.5) is 0 Å². The molecule has 0 aromatic carbocycles. The van der Waals surface area contributed by atoms with Crippen molar-refractivity contribution in [2.24, 2.45) is 11.7 Å². The molecule has 0 radical (unpaired) electrons. The monoisotopic (exact) mass is 225 g/mol. The molecule has 0 aromatic heterocycles. The molecule has 0 atom stereocenters. The van der Waals surface area contributed by atoms with Gasteiger partial charge in [0.15, 0.2) is 0 Å². The van der Waals surface area contributed by atoms with Gasteiger partial charge in [-0.05, 0) is 18.8 Å². The van der Waals surface area contributed by atoms with Crippen LogP contribution >= 0.6 is 0 Å². The Morgan fingerprint density at radius 2 is 2.06 bits per heavy atom. The summed E-state index contributed by atoms with van der Waals surface area (Å²) in [4.78, 5) is 24.3. The molecule has 1 rings (SSSR count). The molecule has 90 valence electrons. The molecule has 1 aliphatic rings. The largest absolute Gasteiger partial charge is 0.346 e. The van der Waals surface area contributed by atoms with Gasteiger partial charge in [-0.2, -0.15) is 0 Å². The molecule has 5 heteroatoms. The molecule has 5 nitrogen and oxygen atoms in total. The average Bonchev–Trinajstić information content (AvgIpc) is 2.35. The first-order valence-corrected chi connectivity index (χ1v) is 5.54. The number of nitrogens with zero attached hydrogens (tertiary/aromatic N) is 1. The van der Waals surface area contributed by atoms with Gasteiger partial charge in [-0.1, -0.05) is 6.08 Å². The van der Waals surface area contributed by atoms with E-state index in [9.17, 15) is 9.59 Å². The van der Waals surface area contributed by atoms with Gasteiger partial charge in [-0.25, -0.2) is 0 Å². The fraction of sp³-hybridized carbons (Fsp3) is 0.636. The molecule has 0 spiro atoms. The van der Waals surface area contributed by atoms with Gasteiger partial charge < -0.3 is 16.0 Å². The number of likely N-dealkylation sites (tertiary alicyclic amines) is 1. The third kappa shape index (κ3) is 3.66. The molecule has 1 heterocycles. The van der Waals surface area contributed by atoms with Crippen LogP contribution < -0.4 is 11.1 Å². The number of hydrogen-bond acceptors (Lipinski definition) is 3. The highest BCUT2D eigenvalue weighted by atomic mass is 16.2. The van der Waals surface area contributed by atoms with Crippen molar-refractivity contribution in [1.29, 1.82) is 0 Å². The number of allylic oxidation sites excluding steroid dienone is 1. The predicted octanol–water partition coefficient (Wildman–Crippen LogP) is -0.514. The number of piperidine rings is 1. The summed E-state index contributed by atoms with van der Waals surface area (Å²) in [6.07, 6.45) is 3.86. The van der Waals surface area contributed by atoms with Gasteiger partial charge >= 0.3 is 0 Å². The predicted molar refractivity (Wildman–Crippen MR) is 61.6 cm³/mol. The average molecular weight is 225 g/mol. The Bertz CT molecular complexity index is 270. The Morgan fingerprint density at radius 1 is 1.44 bits per heavy atom. The highest BCUT2D eigenvalue weighted by molar-refractivity contribution is 5.85. The minimum atomic E-state index is -0.297. The van der Waals surface area contributed by atoms with Gasteiger partial charge in [0.2, 0.25) is 11.8 Å². The number of nitrogens with two attached hydrogens (primary N) is 1. The third-order valence-corrected chi connectivity index (χ3v) is 2.85. The summed E-state index contributed by atoms with van der Waals surface area (Å²) in [7, 11) is 0. The molecule has 0 unspecified atom stereocenters. The summed E-state index contributed by atoms with van der Waals surface area (Å²) in [5.41, 5.74) is 5.12. The zero-order valence-corrected chi connectivity index (χ0v) is 9.45. The molecule has 0 bridgehead atoms. The van der Waals surface area contributed by atoms with Crippen LogP contribution in [0, 0.1) is 5.92 Å². The van der Waals surface area contributed by atoms with Crippen LogP contribution in [0.25, 0.3) is 0 Å². The van der Waals surface area contributed by atoms with Crippen LogP contribution in [-0.2, 0) is 9.59 Å². The smallest absolute Gasteiger partial charge is 0.241 e. The van der Waals surface area contributed by atoms with Crippen molar-refractivity contribution in [3.63, 3.8) is 0 Å². The summed E-state index contributed by atoms with van der Waals surface area (Å²) in [6.45, 7) is 5.21. The van der Waals surface area contributed by atoms with Gasteiger partial charge in [-0.3, -0.25) is 9.59 Å². The summed E-state index contributed by atoms with van der Waals surface area (Å²) in [5.74, 6) is 0.182. The normalized spacial score (nSPS) is 16.9. The van der Waals surface area contributed by atoms with Crippen molar-refractivity contribution >= 4 is 11.8 Å². The highest BCUT2D eigenvalue weighted by Crippen LogP contribution is 2.17. The molecule has 1 saturated heterocycles. The third-order valence-electron chi connectivity index (χ3n) is 2.85. The van der Waals surface area contributed by atoms with E-state index in [-0.39, 0.29) is 24.9 Å². The number of amides is 2. The minimum absolute atomic E-state index is 0.0377. The van der Waals surface area contributed by atoms with E-state index in [0.717, 1.165) is 25.9 Å². The minimum Gasteiger partial charge on any atom is -0.346 e. The molecule has 1 fully saturated rings. The molecular formula is C11H19N3O2. The first-order valence-electron chi connectivity index (χ1n) is 5.54. The van der Waals surface area contributed by atoms with Crippen molar-refractivity contribution in [3.05, 3.63) is 12.7 Å². The fourth-order valence-corrected chi connectivity index (χ4v) is 1.74. The number of hydrogen-bond donors (Lipinski definition) is 2. The lowest BCUT2D eigenvalue weighted by Crippen LogP contribution is -2.44. The maximum atomic E-state index is 11.7. The van der Waals surface area contributed by atoms with Crippen molar-refractivity contribution in [1.82, 2.24) is 10.2 Å². The van der Waals surface area contributed by atoms with Crippen LogP contribution in [0.1, 0.15) is 12.8 Å². The van der Waals surface area contributed by atoms with E-state index < -0.39 is 0 Å². The molecule has 16 heavy (non-hydrogen) atoms. The maximum absolute atomic E-state index is 11.7. The van der Waals surface area contributed by atoms with E-state index in [2.05, 4.69) is 11.9 Å². The van der Waals surface area contributed by atoms with Crippen LogP contribution in [0.5, 0.6) is 0 Å². The summed E-state index contributed by atoms with van der Waals surface area (Å²) in [6, 6.07) is 0. The van der Waals surface area contributed by atoms with Crippen LogP contribution in [0.3, 0.4) is 0 Å². The molecular weight excluding hydrogens is 206 g/mol. The molecule has 0 aliphatic carbocycles. The number of rotatable bonds is 4. The topological polar surface area (TPSA) is 75.4 Å². The van der Waals surface area contributed by atoms with Crippen molar-refractivity contribution < 1.29 is 9.59 Å². The van der Waals surface area contributed by atoms with Crippen molar-refractivity contribution in [3.8, 4) is 0 Å². The Labute approximate surface area is 95.7 Å². The molecule has 0 aromatic rings. The maximum Gasteiger partial charge on any atom is 0.241 e. The second kappa shape index (κ2) is 6.27. The van der Waals surface area contributed by atoms with E-state index >= 15 is 0 Å². The van der Waals surface area contributed by atoms with Gasteiger partial charge in [0.05, 0.1) is 13.1 Å². The van der Waals surface area contributed by atoms with E-state index in [0.29, 0.717) is 5.92 Å². The van der Waals surface area contributed by atoms with Gasteiger partial charge in [0.1, 0.15) is 0 Å².